The third-order valence-electron chi connectivity index (χ3n) is 5.97. The van der Waals surface area contributed by atoms with Crippen molar-refractivity contribution in [1.82, 2.24) is 18.8 Å². The van der Waals surface area contributed by atoms with Gasteiger partial charge in [0.15, 0.2) is 5.82 Å². The highest BCUT2D eigenvalue weighted by molar-refractivity contribution is 7.89. The number of carbonyl (C=O) groups excluding carboxylic acids is 3. The van der Waals surface area contributed by atoms with Crippen LogP contribution in [0.15, 0.2) is 41.7 Å². The molecule has 1 aromatic carbocycles. The molecule has 1 aliphatic heterocycles. The van der Waals surface area contributed by atoms with Gasteiger partial charge in [0.2, 0.25) is 21.8 Å². The molecule has 3 rings (SSSR count). The van der Waals surface area contributed by atoms with Crippen LogP contribution in [-0.4, -0.2) is 84.8 Å². The molecule has 2 atom stereocenters. The predicted molar refractivity (Wildman–Crippen MR) is 128 cm³/mol. The highest BCUT2D eigenvalue weighted by atomic mass is 32.2. The van der Waals surface area contributed by atoms with Gasteiger partial charge in [-0.25, -0.2) is 18.2 Å². The van der Waals surface area contributed by atoms with Crippen LogP contribution in [0.5, 0.6) is 0 Å². The average molecular weight is 506 g/mol. The van der Waals surface area contributed by atoms with E-state index in [9.17, 15) is 22.8 Å². The molecule has 0 bridgehead atoms. The molecule has 1 fully saturated rings. The van der Waals surface area contributed by atoms with Crippen molar-refractivity contribution in [2.75, 3.05) is 32.6 Å². The molecule has 1 aliphatic rings. The van der Waals surface area contributed by atoms with Gasteiger partial charge in [0.1, 0.15) is 18.6 Å². The molecule has 11 nitrogen and oxygen atoms in total. The van der Waals surface area contributed by atoms with Crippen LogP contribution in [0, 0.1) is 6.92 Å². The topological polar surface area (TPSA) is 122 Å². The number of rotatable bonds is 8. The number of hydrogen-bond donors (Lipinski definition) is 0. The number of imidazole rings is 1. The van der Waals surface area contributed by atoms with Gasteiger partial charge in [0.05, 0.1) is 18.3 Å². The van der Waals surface area contributed by atoms with Crippen LogP contribution < -0.4 is 4.90 Å². The molecular weight excluding hydrogens is 474 g/mol. The number of hydrogen-bond acceptors (Lipinski definition) is 7. The SMILES string of the molecule is COC(=O)[C@H](C)N(C(=O)[C@@H]1CCCN1S(=O)(=O)c1ccc(C)cc1)c1cn(CC(=O)N(C)C)cn1. The normalized spacial score (nSPS) is 17.1. The molecule has 0 unspecified atom stereocenters. The van der Waals surface area contributed by atoms with E-state index in [0.717, 1.165) is 10.5 Å². The smallest absolute Gasteiger partial charge is 0.328 e. The van der Waals surface area contributed by atoms with Gasteiger partial charge in [0.25, 0.3) is 0 Å². The highest BCUT2D eigenvalue weighted by Crippen LogP contribution is 2.29. The zero-order chi connectivity index (χ0) is 25.9. The molecule has 0 aliphatic carbocycles. The van der Waals surface area contributed by atoms with Crippen molar-refractivity contribution in [1.29, 1.82) is 0 Å². The monoisotopic (exact) mass is 505 g/mol. The number of amides is 2. The van der Waals surface area contributed by atoms with E-state index in [2.05, 4.69) is 4.98 Å². The van der Waals surface area contributed by atoms with E-state index in [-0.39, 0.29) is 29.7 Å². The van der Waals surface area contributed by atoms with Crippen LogP contribution in [0.1, 0.15) is 25.3 Å². The van der Waals surface area contributed by atoms with Crippen LogP contribution in [-0.2, 0) is 35.7 Å². The Kier molecular flexibility index (Phi) is 7.96. The van der Waals surface area contributed by atoms with Crippen LogP contribution >= 0.6 is 0 Å². The van der Waals surface area contributed by atoms with Crippen LogP contribution in [0.25, 0.3) is 0 Å². The maximum atomic E-state index is 13.8. The average Bonchev–Trinajstić information content (AvgIpc) is 3.49. The number of benzene rings is 1. The Labute approximate surface area is 205 Å². The molecule has 0 saturated carbocycles. The number of aryl methyl sites for hydroxylation is 1. The number of aromatic nitrogens is 2. The zero-order valence-corrected chi connectivity index (χ0v) is 21.4. The molecule has 0 radical (unpaired) electrons. The number of anilines is 1. The summed E-state index contributed by atoms with van der Waals surface area (Å²) < 4.78 is 34.3. The third-order valence-corrected chi connectivity index (χ3v) is 7.89. The van der Waals surface area contributed by atoms with Crippen LogP contribution in [0.3, 0.4) is 0 Å². The molecule has 2 aromatic rings. The fraction of sp³-hybridized carbons (Fsp3) is 0.478. The van der Waals surface area contributed by atoms with Crippen molar-refractivity contribution in [3.05, 3.63) is 42.4 Å². The standard InChI is InChI=1S/C23H31N5O6S/c1-16-8-10-18(11-9-16)35(32,33)27-12-6-7-19(27)22(30)28(17(2)23(31)34-5)20-13-26(15-24-20)14-21(29)25(3)4/h8-11,13,15,17,19H,6-7,12,14H2,1-5H3/t17-,19-/m0/s1. The fourth-order valence-corrected chi connectivity index (χ4v) is 5.57. The minimum absolute atomic E-state index is 0.00794. The van der Waals surface area contributed by atoms with Crippen LogP contribution in [0.4, 0.5) is 5.82 Å². The van der Waals surface area contributed by atoms with Gasteiger partial charge in [-0.15, -0.1) is 0 Å². The van der Waals surface area contributed by atoms with Gasteiger partial charge >= 0.3 is 5.97 Å². The molecule has 1 saturated heterocycles. The van der Waals surface area contributed by atoms with Crippen molar-refractivity contribution in [3.8, 4) is 0 Å². The quantitative estimate of drug-likeness (QED) is 0.491. The Balaban J connectivity index is 1.95. The lowest BCUT2D eigenvalue weighted by atomic mass is 10.1. The van der Waals surface area contributed by atoms with Gasteiger partial charge in [0, 0.05) is 26.8 Å². The first-order valence-electron chi connectivity index (χ1n) is 11.2. The second kappa shape index (κ2) is 10.6. The fourth-order valence-electron chi connectivity index (χ4n) is 3.92. The van der Waals surface area contributed by atoms with Gasteiger partial charge in [-0.2, -0.15) is 4.31 Å². The maximum Gasteiger partial charge on any atom is 0.328 e. The summed E-state index contributed by atoms with van der Waals surface area (Å²) in [6, 6.07) is 4.36. The summed E-state index contributed by atoms with van der Waals surface area (Å²) >= 11 is 0. The Hall–Kier alpha value is -3.25. The Morgan fingerprint density at radius 2 is 1.86 bits per heavy atom. The number of likely N-dealkylation sites (N-methyl/N-ethyl adjacent to an activating group) is 1. The van der Waals surface area contributed by atoms with E-state index in [1.807, 2.05) is 6.92 Å². The van der Waals surface area contributed by atoms with Crippen molar-refractivity contribution >= 4 is 33.6 Å². The molecule has 2 heterocycles. The van der Waals surface area contributed by atoms with E-state index in [4.69, 9.17) is 4.74 Å². The first-order valence-corrected chi connectivity index (χ1v) is 12.6. The Bertz CT molecular complexity index is 1190. The Morgan fingerprint density at radius 3 is 2.46 bits per heavy atom. The summed E-state index contributed by atoms with van der Waals surface area (Å²) in [6.07, 6.45) is 3.66. The number of sulfonamides is 1. The summed E-state index contributed by atoms with van der Waals surface area (Å²) in [5.41, 5.74) is 0.916. The van der Waals surface area contributed by atoms with Crippen LogP contribution in [0.2, 0.25) is 0 Å². The molecule has 190 valence electrons. The van der Waals surface area contributed by atoms with Crippen molar-refractivity contribution < 1.29 is 27.5 Å². The summed E-state index contributed by atoms with van der Waals surface area (Å²) in [4.78, 5) is 45.2. The molecule has 0 spiro atoms. The lowest BCUT2D eigenvalue weighted by Crippen LogP contribution is -2.53. The van der Waals surface area contributed by atoms with E-state index < -0.39 is 34.0 Å². The minimum atomic E-state index is -3.94. The molecular formula is C23H31N5O6S. The summed E-state index contributed by atoms with van der Waals surface area (Å²) in [7, 11) is 0.512. The molecule has 2 amide bonds. The van der Waals surface area contributed by atoms with Gasteiger partial charge in [-0.1, -0.05) is 17.7 Å². The first kappa shape index (κ1) is 26.4. The summed E-state index contributed by atoms with van der Waals surface area (Å²) in [5, 5.41) is 0. The van der Waals surface area contributed by atoms with Crippen molar-refractivity contribution in [2.45, 2.75) is 50.2 Å². The van der Waals surface area contributed by atoms with Gasteiger partial charge in [-0.05, 0) is 38.8 Å². The minimum Gasteiger partial charge on any atom is -0.467 e. The van der Waals surface area contributed by atoms with E-state index in [1.165, 1.54) is 52.5 Å². The summed E-state index contributed by atoms with van der Waals surface area (Å²) in [5.74, 6) is -1.32. The van der Waals surface area contributed by atoms with E-state index >= 15 is 0 Å². The number of esters is 1. The Morgan fingerprint density at radius 1 is 1.20 bits per heavy atom. The largest absolute Gasteiger partial charge is 0.467 e. The number of ether oxygens (including phenoxy) is 1. The highest BCUT2D eigenvalue weighted by Gasteiger charge is 2.44. The lowest BCUT2D eigenvalue weighted by molar-refractivity contribution is -0.143. The van der Waals surface area contributed by atoms with Gasteiger partial charge in [-0.3, -0.25) is 14.5 Å². The lowest BCUT2D eigenvalue weighted by Gasteiger charge is -2.31. The van der Waals surface area contributed by atoms with E-state index in [1.54, 1.807) is 26.2 Å². The molecule has 35 heavy (non-hydrogen) atoms. The second-order valence-corrected chi connectivity index (χ2v) is 10.6. The number of methoxy groups -OCH3 is 1. The first-order chi connectivity index (χ1) is 16.5. The predicted octanol–water partition coefficient (Wildman–Crippen LogP) is 1.03. The number of carbonyl (C=O) groups is 3. The summed E-state index contributed by atoms with van der Waals surface area (Å²) in [6.45, 7) is 3.52. The maximum absolute atomic E-state index is 13.8. The van der Waals surface area contributed by atoms with Crippen molar-refractivity contribution in [2.24, 2.45) is 0 Å². The second-order valence-electron chi connectivity index (χ2n) is 8.69. The number of nitrogens with zero attached hydrogens (tertiary/aromatic N) is 5. The molecule has 12 heteroatoms. The zero-order valence-electron chi connectivity index (χ0n) is 20.5. The third kappa shape index (κ3) is 5.54. The molecule has 0 N–H and O–H groups in total. The van der Waals surface area contributed by atoms with E-state index in [0.29, 0.717) is 12.8 Å². The van der Waals surface area contributed by atoms with Crippen molar-refractivity contribution in [3.63, 3.8) is 0 Å². The molecule has 1 aromatic heterocycles. The van der Waals surface area contributed by atoms with Gasteiger partial charge < -0.3 is 14.2 Å².